The van der Waals surface area contributed by atoms with Crippen LogP contribution >= 0.6 is 0 Å². The average Bonchev–Trinajstić information content (AvgIpc) is 2.54. The third-order valence-electron chi connectivity index (χ3n) is 3.80. The molecule has 21 heavy (non-hydrogen) atoms. The summed E-state index contributed by atoms with van der Waals surface area (Å²) < 4.78 is 13.9. The maximum Gasteiger partial charge on any atom is 0.126 e. The van der Waals surface area contributed by atoms with Gasteiger partial charge < -0.3 is 5.32 Å². The normalized spacial score (nSPS) is 12.5. The second kappa shape index (κ2) is 6.02. The number of nitrogens with one attached hydrogen (secondary N) is 1. The van der Waals surface area contributed by atoms with E-state index in [1.165, 1.54) is 6.07 Å². The van der Waals surface area contributed by atoms with Crippen LogP contribution in [-0.2, 0) is 6.42 Å². The molecule has 0 aliphatic carbocycles. The third-order valence-corrected chi connectivity index (χ3v) is 3.80. The molecule has 0 amide bonds. The van der Waals surface area contributed by atoms with Gasteiger partial charge in [-0.15, -0.1) is 0 Å². The van der Waals surface area contributed by atoms with Crippen molar-refractivity contribution in [2.24, 2.45) is 0 Å². The summed E-state index contributed by atoms with van der Waals surface area (Å²) in [6.45, 7) is 0. The molecule has 0 aliphatic rings. The molecule has 1 N–H and O–H groups in total. The first-order valence-electron chi connectivity index (χ1n) is 7.03. The number of fused-ring (bicyclic) bond motifs is 1. The maximum absolute atomic E-state index is 13.9. The Morgan fingerprint density at radius 3 is 2.62 bits per heavy atom. The van der Waals surface area contributed by atoms with Crippen molar-refractivity contribution in [3.8, 4) is 0 Å². The first-order valence-corrected chi connectivity index (χ1v) is 7.03. The van der Waals surface area contributed by atoms with Gasteiger partial charge in [-0.05, 0) is 36.0 Å². The lowest BCUT2D eigenvalue weighted by atomic mass is 9.96. The highest BCUT2D eigenvalue weighted by molar-refractivity contribution is 5.85. The summed E-state index contributed by atoms with van der Waals surface area (Å²) in [5.74, 6) is -0.161. The molecule has 0 saturated carbocycles. The van der Waals surface area contributed by atoms with Crippen molar-refractivity contribution in [2.45, 2.75) is 12.5 Å². The summed E-state index contributed by atoms with van der Waals surface area (Å²) >= 11 is 0. The van der Waals surface area contributed by atoms with E-state index in [4.69, 9.17) is 0 Å². The van der Waals surface area contributed by atoms with Crippen LogP contribution in [0.3, 0.4) is 0 Å². The van der Waals surface area contributed by atoms with Gasteiger partial charge in [0.1, 0.15) is 5.82 Å². The zero-order valence-corrected chi connectivity index (χ0v) is 11.9. The summed E-state index contributed by atoms with van der Waals surface area (Å²) in [5, 5.41) is 5.54. The van der Waals surface area contributed by atoms with E-state index in [2.05, 4.69) is 16.4 Å². The predicted octanol–water partition coefficient (Wildman–Crippen LogP) is 3.88. The van der Waals surface area contributed by atoms with Crippen LogP contribution in [0.25, 0.3) is 10.8 Å². The Morgan fingerprint density at radius 1 is 1.05 bits per heavy atom. The summed E-state index contributed by atoms with van der Waals surface area (Å²) in [6.07, 6.45) is 4.32. The number of rotatable bonds is 4. The van der Waals surface area contributed by atoms with E-state index in [-0.39, 0.29) is 11.9 Å². The van der Waals surface area contributed by atoms with Crippen molar-refractivity contribution < 1.29 is 4.39 Å². The van der Waals surface area contributed by atoms with Gasteiger partial charge in [0.15, 0.2) is 0 Å². The molecule has 3 aromatic rings. The zero-order chi connectivity index (χ0) is 14.7. The molecule has 2 nitrogen and oxygen atoms in total. The largest absolute Gasteiger partial charge is 0.313 e. The minimum absolute atomic E-state index is 0.0282. The smallest absolute Gasteiger partial charge is 0.126 e. The van der Waals surface area contributed by atoms with E-state index < -0.39 is 0 Å². The second-order valence-corrected chi connectivity index (χ2v) is 5.09. The van der Waals surface area contributed by atoms with Crippen molar-refractivity contribution in [3.05, 3.63) is 77.9 Å². The Balaban J connectivity index is 2.01. The van der Waals surface area contributed by atoms with Crippen LogP contribution in [0, 0.1) is 5.82 Å². The van der Waals surface area contributed by atoms with E-state index >= 15 is 0 Å². The summed E-state index contributed by atoms with van der Waals surface area (Å²) in [7, 11) is 1.90. The van der Waals surface area contributed by atoms with E-state index in [1.54, 1.807) is 6.07 Å². The first kappa shape index (κ1) is 13.7. The number of hydrogen-bond acceptors (Lipinski definition) is 2. The van der Waals surface area contributed by atoms with Gasteiger partial charge in [-0.1, -0.05) is 42.5 Å². The third kappa shape index (κ3) is 2.78. The maximum atomic E-state index is 13.9. The molecule has 0 bridgehead atoms. The molecule has 0 aliphatic heterocycles. The highest BCUT2D eigenvalue weighted by Crippen LogP contribution is 2.26. The summed E-state index contributed by atoms with van der Waals surface area (Å²) in [6, 6.07) is 15.1. The van der Waals surface area contributed by atoms with E-state index in [1.807, 2.05) is 49.8 Å². The molecule has 3 heteroatoms. The van der Waals surface area contributed by atoms with Crippen LogP contribution in [0.1, 0.15) is 17.2 Å². The van der Waals surface area contributed by atoms with Gasteiger partial charge in [0, 0.05) is 23.8 Å². The van der Waals surface area contributed by atoms with Crippen LogP contribution in [0.2, 0.25) is 0 Å². The molecule has 3 rings (SSSR count). The van der Waals surface area contributed by atoms with Gasteiger partial charge >= 0.3 is 0 Å². The molecule has 1 unspecified atom stereocenters. The van der Waals surface area contributed by atoms with Crippen LogP contribution in [-0.4, -0.2) is 12.0 Å². The van der Waals surface area contributed by atoms with Crippen LogP contribution < -0.4 is 5.32 Å². The van der Waals surface area contributed by atoms with Crippen molar-refractivity contribution in [1.82, 2.24) is 10.3 Å². The van der Waals surface area contributed by atoms with Gasteiger partial charge in [0.05, 0.1) is 0 Å². The minimum atomic E-state index is -0.161. The number of hydrogen-bond donors (Lipinski definition) is 1. The Hall–Kier alpha value is -2.26. The van der Waals surface area contributed by atoms with E-state index in [0.717, 1.165) is 16.3 Å². The van der Waals surface area contributed by atoms with Crippen LogP contribution in [0.5, 0.6) is 0 Å². The van der Waals surface area contributed by atoms with Gasteiger partial charge in [0.2, 0.25) is 0 Å². The molecule has 106 valence electrons. The number of pyridine rings is 1. The Kier molecular flexibility index (Phi) is 3.93. The molecule has 1 atom stereocenters. The minimum Gasteiger partial charge on any atom is -0.313 e. The van der Waals surface area contributed by atoms with Crippen molar-refractivity contribution in [2.75, 3.05) is 7.05 Å². The predicted molar refractivity (Wildman–Crippen MR) is 83.6 cm³/mol. The Labute approximate surface area is 123 Å². The fourth-order valence-corrected chi connectivity index (χ4v) is 2.67. The van der Waals surface area contributed by atoms with Gasteiger partial charge in [-0.2, -0.15) is 0 Å². The fraction of sp³-hybridized carbons (Fsp3) is 0.167. The number of aromatic nitrogens is 1. The molecule has 0 fully saturated rings. The molecule has 1 aromatic heterocycles. The molecule has 0 spiro atoms. The van der Waals surface area contributed by atoms with Gasteiger partial charge in [-0.25, -0.2) is 4.39 Å². The van der Waals surface area contributed by atoms with Crippen molar-refractivity contribution in [3.63, 3.8) is 0 Å². The lowest BCUT2D eigenvalue weighted by Crippen LogP contribution is -2.20. The summed E-state index contributed by atoms with van der Waals surface area (Å²) in [5.41, 5.74) is 1.81. The molecular formula is C18H17FN2. The van der Waals surface area contributed by atoms with Gasteiger partial charge in [0.25, 0.3) is 0 Å². The Morgan fingerprint density at radius 2 is 1.81 bits per heavy atom. The van der Waals surface area contributed by atoms with Crippen LogP contribution in [0.15, 0.2) is 60.9 Å². The standard InChI is InChI=1S/C18H17FN2/c1-20-18(10-13-6-3-5-9-17(13)19)16-12-21-11-14-7-2-4-8-15(14)16/h2-9,11-12,18,20H,10H2,1H3. The number of halogens is 1. The molecule has 0 saturated heterocycles. The lowest BCUT2D eigenvalue weighted by Gasteiger charge is -2.18. The quantitative estimate of drug-likeness (QED) is 0.784. The second-order valence-electron chi connectivity index (χ2n) is 5.09. The monoisotopic (exact) mass is 280 g/mol. The number of benzene rings is 2. The van der Waals surface area contributed by atoms with E-state index in [9.17, 15) is 4.39 Å². The SMILES string of the molecule is CNC(Cc1ccccc1F)c1cncc2ccccc12. The molecular weight excluding hydrogens is 263 g/mol. The topological polar surface area (TPSA) is 24.9 Å². The number of likely N-dealkylation sites (N-methyl/N-ethyl adjacent to an activating group) is 1. The Bertz CT molecular complexity index is 750. The average molecular weight is 280 g/mol. The van der Waals surface area contributed by atoms with E-state index in [0.29, 0.717) is 12.0 Å². The van der Waals surface area contributed by atoms with Crippen LogP contribution in [0.4, 0.5) is 4.39 Å². The fourth-order valence-electron chi connectivity index (χ4n) is 2.67. The highest BCUT2D eigenvalue weighted by Gasteiger charge is 2.15. The zero-order valence-electron chi connectivity index (χ0n) is 11.9. The molecule has 2 aromatic carbocycles. The summed E-state index contributed by atoms with van der Waals surface area (Å²) in [4.78, 5) is 4.31. The lowest BCUT2D eigenvalue weighted by molar-refractivity contribution is 0.556. The van der Waals surface area contributed by atoms with Gasteiger partial charge in [-0.3, -0.25) is 4.98 Å². The molecule has 0 radical (unpaired) electrons. The number of nitrogens with zero attached hydrogens (tertiary/aromatic N) is 1. The molecule has 1 heterocycles. The first-order chi connectivity index (χ1) is 10.3. The van der Waals surface area contributed by atoms with Crippen molar-refractivity contribution in [1.29, 1.82) is 0 Å². The van der Waals surface area contributed by atoms with Crippen molar-refractivity contribution >= 4 is 10.8 Å². The highest BCUT2D eigenvalue weighted by atomic mass is 19.1.